The number of carbonyl (C=O) groups excluding carboxylic acids is 2. The maximum atomic E-state index is 12.3. The van der Waals surface area contributed by atoms with Gasteiger partial charge in [-0.1, -0.05) is 35.9 Å². The van der Waals surface area contributed by atoms with Crippen LogP contribution in [0.25, 0.3) is 0 Å². The number of nitrogens with zero attached hydrogens (tertiary/aromatic N) is 2. The van der Waals surface area contributed by atoms with Gasteiger partial charge in [0.1, 0.15) is 0 Å². The van der Waals surface area contributed by atoms with Crippen LogP contribution in [0, 0.1) is 0 Å². The Hall–Kier alpha value is -2.41. The molecular weight excluding hydrogens is 364 g/mol. The molecule has 142 valence electrons. The summed E-state index contributed by atoms with van der Waals surface area (Å²) in [5, 5.41) is 3.54. The van der Waals surface area contributed by atoms with E-state index in [-0.39, 0.29) is 12.5 Å². The largest absolute Gasteiger partial charge is 0.366 e. The molecule has 0 radical (unpaired) electrons. The van der Waals surface area contributed by atoms with E-state index in [1.54, 1.807) is 24.3 Å². The second-order valence-electron chi connectivity index (χ2n) is 6.64. The number of para-hydroxylation sites is 1. The van der Waals surface area contributed by atoms with Crippen molar-refractivity contribution in [3.8, 4) is 0 Å². The first-order valence-corrected chi connectivity index (χ1v) is 9.27. The molecule has 0 atom stereocenters. The van der Waals surface area contributed by atoms with Crippen molar-refractivity contribution in [2.75, 3.05) is 38.0 Å². The van der Waals surface area contributed by atoms with Gasteiger partial charge in [0, 0.05) is 37.7 Å². The van der Waals surface area contributed by atoms with Crippen molar-refractivity contribution < 1.29 is 9.59 Å². The van der Waals surface area contributed by atoms with E-state index >= 15 is 0 Å². The molecule has 2 aromatic carbocycles. The lowest BCUT2D eigenvalue weighted by Crippen LogP contribution is -2.48. The van der Waals surface area contributed by atoms with Crippen LogP contribution in [-0.2, 0) is 11.3 Å². The number of nitrogens with two attached hydrogens (primary N) is 1. The van der Waals surface area contributed by atoms with Crippen LogP contribution in [0.3, 0.4) is 0 Å². The van der Waals surface area contributed by atoms with Gasteiger partial charge >= 0.3 is 0 Å². The Morgan fingerprint density at radius 3 is 2.41 bits per heavy atom. The minimum atomic E-state index is -0.555. The second-order valence-corrected chi connectivity index (χ2v) is 7.08. The predicted molar refractivity (Wildman–Crippen MR) is 107 cm³/mol. The zero-order chi connectivity index (χ0) is 19.2. The lowest BCUT2D eigenvalue weighted by molar-refractivity contribution is -0.117. The Morgan fingerprint density at radius 1 is 1.00 bits per heavy atom. The van der Waals surface area contributed by atoms with Crippen LogP contribution in [0.1, 0.15) is 15.9 Å². The number of nitrogens with one attached hydrogen (secondary N) is 1. The average molecular weight is 387 g/mol. The molecule has 3 rings (SSSR count). The summed E-state index contributed by atoms with van der Waals surface area (Å²) in [6.45, 7) is 4.54. The van der Waals surface area contributed by atoms with Gasteiger partial charge in [0.25, 0.3) is 5.91 Å². The molecule has 0 spiro atoms. The Bertz CT molecular complexity index is 819. The lowest BCUT2D eigenvalue weighted by Gasteiger charge is -2.34. The Labute approximate surface area is 163 Å². The first kappa shape index (κ1) is 19.4. The molecule has 7 heteroatoms. The zero-order valence-corrected chi connectivity index (χ0v) is 15.8. The number of amides is 2. The van der Waals surface area contributed by atoms with Crippen molar-refractivity contribution in [1.29, 1.82) is 0 Å². The lowest BCUT2D eigenvalue weighted by atomic mass is 10.1. The first-order chi connectivity index (χ1) is 13.0. The summed E-state index contributed by atoms with van der Waals surface area (Å²) in [5.41, 5.74) is 7.31. The topological polar surface area (TPSA) is 78.7 Å². The SMILES string of the molecule is NC(=O)c1ccccc1NC(=O)CN1CCN(Cc2cccc(Cl)c2)CC1. The number of hydrogen-bond donors (Lipinski definition) is 2. The van der Waals surface area contributed by atoms with Crippen molar-refractivity contribution in [2.24, 2.45) is 5.73 Å². The van der Waals surface area contributed by atoms with Crippen LogP contribution in [-0.4, -0.2) is 54.3 Å². The van der Waals surface area contributed by atoms with Gasteiger partial charge in [-0.15, -0.1) is 0 Å². The maximum Gasteiger partial charge on any atom is 0.250 e. The molecule has 2 aromatic rings. The molecule has 1 fully saturated rings. The zero-order valence-electron chi connectivity index (χ0n) is 15.0. The Balaban J connectivity index is 1.48. The molecule has 2 amide bonds. The Morgan fingerprint density at radius 2 is 1.70 bits per heavy atom. The highest BCUT2D eigenvalue weighted by molar-refractivity contribution is 6.30. The molecule has 0 unspecified atom stereocenters. The van der Waals surface area contributed by atoms with E-state index in [0.717, 1.165) is 37.7 Å². The fourth-order valence-corrected chi connectivity index (χ4v) is 3.41. The molecule has 0 aliphatic carbocycles. The van der Waals surface area contributed by atoms with E-state index in [1.165, 1.54) is 5.56 Å². The minimum Gasteiger partial charge on any atom is -0.366 e. The third-order valence-corrected chi connectivity index (χ3v) is 4.83. The van der Waals surface area contributed by atoms with E-state index in [2.05, 4.69) is 21.2 Å². The minimum absolute atomic E-state index is 0.146. The van der Waals surface area contributed by atoms with Crippen LogP contribution in [0.5, 0.6) is 0 Å². The molecule has 27 heavy (non-hydrogen) atoms. The van der Waals surface area contributed by atoms with Gasteiger partial charge in [0.2, 0.25) is 5.91 Å². The van der Waals surface area contributed by atoms with Crippen LogP contribution in [0.2, 0.25) is 5.02 Å². The highest BCUT2D eigenvalue weighted by Crippen LogP contribution is 2.15. The van der Waals surface area contributed by atoms with Crippen LogP contribution in [0.4, 0.5) is 5.69 Å². The van der Waals surface area contributed by atoms with Crippen LogP contribution >= 0.6 is 11.6 Å². The number of hydrogen-bond acceptors (Lipinski definition) is 4. The van der Waals surface area contributed by atoms with E-state index in [0.29, 0.717) is 11.3 Å². The fraction of sp³-hybridized carbons (Fsp3) is 0.300. The second kappa shape index (κ2) is 8.99. The van der Waals surface area contributed by atoms with Crippen molar-refractivity contribution >= 4 is 29.1 Å². The summed E-state index contributed by atoms with van der Waals surface area (Å²) in [5.74, 6) is -0.701. The van der Waals surface area contributed by atoms with E-state index in [1.807, 2.05) is 18.2 Å². The number of piperazine rings is 1. The monoisotopic (exact) mass is 386 g/mol. The van der Waals surface area contributed by atoms with Crippen molar-refractivity contribution in [1.82, 2.24) is 9.80 Å². The molecule has 0 bridgehead atoms. The highest BCUT2D eigenvalue weighted by Gasteiger charge is 2.20. The predicted octanol–water partition coefficient (Wildman–Crippen LogP) is 2.20. The van der Waals surface area contributed by atoms with Gasteiger partial charge in [-0.3, -0.25) is 19.4 Å². The van der Waals surface area contributed by atoms with Gasteiger partial charge in [0.15, 0.2) is 0 Å². The number of anilines is 1. The van der Waals surface area contributed by atoms with Crippen LogP contribution < -0.4 is 11.1 Å². The molecule has 1 heterocycles. The molecule has 3 N–H and O–H groups in total. The maximum absolute atomic E-state index is 12.3. The normalized spacial score (nSPS) is 15.4. The van der Waals surface area contributed by atoms with Gasteiger partial charge in [-0.2, -0.15) is 0 Å². The molecule has 6 nitrogen and oxygen atoms in total. The third kappa shape index (κ3) is 5.53. The Kier molecular flexibility index (Phi) is 6.45. The van der Waals surface area contributed by atoms with E-state index < -0.39 is 5.91 Å². The molecule has 0 aromatic heterocycles. The summed E-state index contributed by atoms with van der Waals surface area (Å²) in [6, 6.07) is 14.7. The molecule has 1 aliphatic heterocycles. The third-order valence-electron chi connectivity index (χ3n) is 4.59. The molecule has 1 aliphatic rings. The van der Waals surface area contributed by atoms with Crippen molar-refractivity contribution in [2.45, 2.75) is 6.54 Å². The summed E-state index contributed by atoms with van der Waals surface area (Å²) in [7, 11) is 0. The van der Waals surface area contributed by atoms with Crippen molar-refractivity contribution in [3.05, 3.63) is 64.7 Å². The first-order valence-electron chi connectivity index (χ1n) is 8.89. The smallest absolute Gasteiger partial charge is 0.250 e. The van der Waals surface area contributed by atoms with Crippen molar-refractivity contribution in [3.63, 3.8) is 0 Å². The number of carbonyl (C=O) groups is 2. The van der Waals surface area contributed by atoms with Crippen LogP contribution in [0.15, 0.2) is 48.5 Å². The quantitative estimate of drug-likeness (QED) is 0.797. The summed E-state index contributed by atoms with van der Waals surface area (Å²) in [6.07, 6.45) is 0. The molecule has 0 saturated carbocycles. The molecular formula is C20H23ClN4O2. The standard InChI is InChI=1S/C20H23ClN4O2/c21-16-5-3-4-15(12-16)13-24-8-10-25(11-9-24)14-19(26)23-18-7-2-1-6-17(18)20(22)27/h1-7,12H,8-11,13-14H2,(H2,22,27)(H,23,26). The highest BCUT2D eigenvalue weighted by atomic mass is 35.5. The average Bonchev–Trinajstić information content (AvgIpc) is 2.63. The number of primary amides is 1. The van der Waals surface area contributed by atoms with E-state index in [4.69, 9.17) is 17.3 Å². The van der Waals surface area contributed by atoms with Gasteiger partial charge in [-0.25, -0.2) is 0 Å². The fourth-order valence-electron chi connectivity index (χ4n) is 3.20. The summed E-state index contributed by atoms with van der Waals surface area (Å²) >= 11 is 6.04. The number of benzene rings is 2. The summed E-state index contributed by atoms with van der Waals surface area (Å²) < 4.78 is 0. The van der Waals surface area contributed by atoms with E-state index in [9.17, 15) is 9.59 Å². The van der Waals surface area contributed by atoms with Gasteiger partial charge in [0.05, 0.1) is 17.8 Å². The summed E-state index contributed by atoms with van der Waals surface area (Å²) in [4.78, 5) is 28.2. The number of rotatable bonds is 6. The number of halogens is 1. The molecule has 1 saturated heterocycles. The van der Waals surface area contributed by atoms with Gasteiger partial charge in [-0.05, 0) is 29.8 Å². The van der Waals surface area contributed by atoms with Gasteiger partial charge < -0.3 is 11.1 Å².